The van der Waals surface area contributed by atoms with Crippen LogP contribution in [0.5, 0.6) is 0 Å². The SMILES string of the molecule is O=C(c1ccoc1)N(CC1CCN(C2Cc3ccccc3C2)CC1)C[C@H]1CCCO1. The number of rotatable bonds is 6. The van der Waals surface area contributed by atoms with Crippen molar-refractivity contribution in [3.63, 3.8) is 0 Å². The molecule has 2 aromatic rings. The largest absolute Gasteiger partial charge is 0.472 e. The molecule has 0 N–H and O–H groups in total. The summed E-state index contributed by atoms with van der Waals surface area (Å²) in [4.78, 5) is 17.8. The predicted molar refractivity (Wildman–Crippen MR) is 116 cm³/mol. The van der Waals surface area contributed by atoms with Gasteiger partial charge < -0.3 is 14.1 Å². The minimum atomic E-state index is 0.0768. The van der Waals surface area contributed by atoms with Crippen molar-refractivity contribution in [1.82, 2.24) is 9.80 Å². The van der Waals surface area contributed by atoms with Crippen LogP contribution in [0.25, 0.3) is 0 Å². The average molecular weight is 409 g/mol. The molecule has 0 unspecified atom stereocenters. The van der Waals surface area contributed by atoms with E-state index >= 15 is 0 Å². The van der Waals surface area contributed by atoms with Crippen molar-refractivity contribution in [1.29, 1.82) is 0 Å². The third kappa shape index (κ3) is 4.33. The van der Waals surface area contributed by atoms with E-state index in [0.29, 0.717) is 24.1 Å². The van der Waals surface area contributed by atoms with Crippen molar-refractivity contribution >= 4 is 5.91 Å². The number of ether oxygens (including phenoxy) is 1. The van der Waals surface area contributed by atoms with E-state index in [0.717, 1.165) is 51.9 Å². The number of carbonyl (C=O) groups excluding carboxylic acids is 1. The Morgan fingerprint density at radius 3 is 2.43 bits per heavy atom. The zero-order chi connectivity index (χ0) is 20.3. The molecule has 2 saturated heterocycles. The van der Waals surface area contributed by atoms with Gasteiger partial charge >= 0.3 is 0 Å². The van der Waals surface area contributed by atoms with Crippen LogP contribution in [-0.4, -0.2) is 60.6 Å². The number of furan rings is 1. The molecule has 2 fully saturated rings. The van der Waals surface area contributed by atoms with Gasteiger partial charge in [0.1, 0.15) is 6.26 Å². The summed E-state index contributed by atoms with van der Waals surface area (Å²) >= 11 is 0. The molecule has 1 aliphatic carbocycles. The van der Waals surface area contributed by atoms with E-state index in [1.54, 1.807) is 18.6 Å². The molecule has 3 heterocycles. The maximum Gasteiger partial charge on any atom is 0.257 e. The van der Waals surface area contributed by atoms with Gasteiger partial charge in [-0.05, 0) is 74.7 Å². The van der Waals surface area contributed by atoms with Gasteiger partial charge in [-0.25, -0.2) is 0 Å². The topological polar surface area (TPSA) is 45.9 Å². The number of benzene rings is 1. The summed E-state index contributed by atoms with van der Waals surface area (Å²) < 4.78 is 11.0. The van der Waals surface area contributed by atoms with Gasteiger partial charge in [0.25, 0.3) is 5.91 Å². The maximum absolute atomic E-state index is 13.1. The molecular formula is C25H32N2O3. The normalized spacial score (nSPS) is 23.0. The summed E-state index contributed by atoms with van der Waals surface area (Å²) in [5.41, 5.74) is 3.70. The molecule has 1 aromatic carbocycles. The predicted octanol–water partition coefficient (Wildman–Crippen LogP) is 3.78. The summed E-state index contributed by atoms with van der Waals surface area (Å²) in [7, 11) is 0. The number of hydrogen-bond acceptors (Lipinski definition) is 4. The molecule has 1 atom stereocenters. The van der Waals surface area contributed by atoms with Gasteiger partial charge in [-0.15, -0.1) is 0 Å². The van der Waals surface area contributed by atoms with E-state index in [-0.39, 0.29) is 12.0 Å². The van der Waals surface area contributed by atoms with Crippen LogP contribution in [0.3, 0.4) is 0 Å². The summed E-state index contributed by atoms with van der Waals surface area (Å²) in [6, 6.07) is 11.3. The van der Waals surface area contributed by atoms with Crippen LogP contribution in [0.15, 0.2) is 47.3 Å². The fraction of sp³-hybridized carbons (Fsp3) is 0.560. The number of fused-ring (bicyclic) bond motifs is 1. The first-order valence-electron chi connectivity index (χ1n) is 11.5. The summed E-state index contributed by atoms with van der Waals surface area (Å²) in [5, 5.41) is 0. The molecule has 160 valence electrons. The van der Waals surface area contributed by atoms with Crippen LogP contribution in [-0.2, 0) is 17.6 Å². The highest BCUT2D eigenvalue weighted by Gasteiger charge is 2.32. The van der Waals surface area contributed by atoms with E-state index in [9.17, 15) is 4.79 Å². The number of piperidine rings is 1. The zero-order valence-corrected chi connectivity index (χ0v) is 17.7. The van der Waals surface area contributed by atoms with Crippen LogP contribution in [0.4, 0.5) is 0 Å². The molecule has 0 saturated carbocycles. The molecule has 5 nitrogen and oxygen atoms in total. The van der Waals surface area contributed by atoms with E-state index in [1.165, 1.54) is 24.0 Å². The van der Waals surface area contributed by atoms with Crippen molar-refractivity contribution in [2.24, 2.45) is 5.92 Å². The highest BCUT2D eigenvalue weighted by atomic mass is 16.5. The van der Waals surface area contributed by atoms with Gasteiger partial charge in [-0.2, -0.15) is 0 Å². The van der Waals surface area contributed by atoms with Crippen LogP contribution in [0, 0.1) is 5.92 Å². The Bertz CT molecular complexity index is 811. The Morgan fingerprint density at radius 2 is 1.80 bits per heavy atom. The molecule has 30 heavy (non-hydrogen) atoms. The standard InChI is InChI=1S/C25H32N2O3/c28-25(22-9-13-29-18-22)27(17-24-6-3-12-30-24)16-19-7-10-26(11-8-19)23-14-20-4-1-2-5-21(20)15-23/h1-2,4-5,9,13,18-19,23-24H,3,6-8,10-12,14-17H2/t24-/m1/s1. The first-order valence-corrected chi connectivity index (χ1v) is 11.5. The Balaban J connectivity index is 1.17. The summed E-state index contributed by atoms with van der Waals surface area (Å²) in [5.74, 6) is 0.634. The smallest absolute Gasteiger partial charge is 0.257 e. The summed E-state index contributed by atoms with van der Waals surface area (Å²) in [6.07, 6.45) is 10.2. The van der Waals surface area contributed by atoms with Gasteiger partial charge in [0.05, 0.1) is 17.9 Å². The van der Waals surface area contributed by atoms with E-state index in [4.69, 9.17) is 9.15 Å². The van der Waals surface area contributed by atoms with Crippen molar-refractivity contribution in [3.05, 3.63) is 59.5 Å². The molecule has 1 amide bonds. The van der Waals surface area contributed by atoms with Gasteiger partial charge in [-0.1, -0.05) is 24.3 Å². The van der Waals surface area contributed by atoms with E-state index in [1.807, 2.05) is 4.90 Å². The quantitative estimate of drug-likeness (QED) is 0.730. The molecule has 3 aliphatic rings. The minimum Gasteiger partial charge on any atom is -0.472 e. The first-order chi connectivity index (χ1) is 14.8. The van der Waals surface area contributed by atoms with Crippen molar-refractivity contribution in [2.45, 2.75) is 50.7 Å². The van der Waals surface area contributed by atoms with E-state index in [2.05, 4.69) is 29.2 Å². The first kappa shape index (κ1) is 19.8. The lowest BCUT2D eigenvalue weighted by atomic mass is 9.94. The molecule has 2 aliphatic heterocycles. The second kappa shape index (κ2) is 8.94. The van der Waals surface area contributed by atoms with Crippen LogP contribution >= 0.6 is 0 Å². The Hall–Kier alpha value is -2.11. The monoisotopic (exact) mass is 408 g/mol. The lowest BCUT2D eigenvalue weighted by Gasteiger charge is -2.38. The third-order valence-electron chi connectivity index (χ3n) is 7.18. The highest BCUT2D eigenvalue weighted by molar-refractivity contribution is 5.93. The molecule has 0 bridgehead atoms. The molecule has 0 spiro atoms. The lowest BCUT2D eigenvalue weighted by Crippen LogP contribution is -2.46. The molecule has 5 heteroatoms. The Morgan fingerprint density at radius 1 is 1.03 bits per heavy atom. The average Bonchev–Trinajstić information content (AvgIpc) is 3.54. The van der Waals surface area contributed by atoms with E-state index < -0.39 is 0 Å². The molecule has 5 rings (SSSR count). The van der Waals surface area contributed by atoms with Gasteiger partial charge in [0.15, 0.2) is 0 Å². The molecule has 1 aromatic heterocycles. The van der Waals surface area contributed by atoms with Gasteiger partial charge in [0.2, 0.25) is 0 Å². The second-order valence-corrected chi connectivity index (χ2v) is 9.17. The van der Waals surface area contributed by atoms with Gasteiger partial charge in [-0.3, -0.25) is 9.69 Å². The third-order valence-corrected chi connectivity index (χ3v) is 7.18. The van der Waals surface area contributed by atoms with Crippen molar-refractivity contribution in [3.8, 4) is 0 Å². The van der Waals surface area contributed by atoms with Crippen molar-refractivity contribution < 1.29 is 13.9 Å². The lowest BCUT2D eigenvalue weighted by molar-refractivity contribution is 0.0429. The summed E-state index contributed by atoms with van der Waals surface area (Å²) in [6.45, 7) is 4.61. The van der Waals surface area contributed by atoms with Crippen molar-refractivity contribution in [2.75, 3.05) is 32.8 Å². The number of carbonyl (C=O) groups is 1. The van der Waals surface area contributed by atoms with Crippen LogP contribution in [0.1, 0.15) is 47.2 Å². The van der Waals surface area contributed by atoms with Crippen LogP contribution in [0.2, 0.25) is 0 Å². The number of nitrogens with zero attached hydrogens (tertiary/aromatic N) is 2. The zero-order valence-electron chi connectivity index (χ0n) is 17.7. The Kier molecular flexibility index (Phi) is 5.91. The molecular weight excluding hydrogens is 376 g/mol. The maximum atomic E-state index is 13.1. The highest BCUT2D eigenvalue weighted by Crippen LogP contribution is 2.29. The van der Waals surface area contributed by atoms with Crippen LogP contribution < -0.4 is 0 Å². The fourth-order valence-electron chi connectivity index (χ4n) is 5.45. The second-order valence-electron chi connectivity index (χ2n) is 9.17. The minimum absolute atomic E-state index is 0.0768. The fourth-order valence-corrected chi connectivity index (χ4v) is 5.45. The number of likely N-dealkylation sites (tertiary alicyclic amines) is 1. The molecule has 0 radical (unpaired) electrons. The number of amides is 1. The Labute approximate surface area is 179 Å². The number of hydrogen-bond donors (Lipinski definition) is 0. The van der Waals surface area contributed by atoms with Gasteiger partial charge in [0, 0.05) is 25.7 Å².